The van der Waals surface area contributed by atoms with Crippen LogP contribution >= 0.6 is 0 Å². The average molecular weight is 319 g/mol. The van der Waals surface area contributed by atoms with Crippen molar-refractivity contribution >= 4 is 17.2 Å². The summed E-state index contributed by atoms with van der Waals surface area (Å²) in [7, 11) is 1.99. The number of anilines is 3. The van der Waals surface area contributed by atoms with Crippen LogP contribution in [0.5, 0.6) is 5.75 Å². The fourth-order valence-electron chi connectivity index (χ4n) is 2.96. The van der Waals surface area contributed by atoms with E-state index in [2.05, 4.69) is 15.2 Å². The maximum Gasteiger partial charge on any atom is 0.149 e. The number of nitrogens with two attached hydrogens (primary N) is 1. The predicted octanol–water partition coefficient (Wildman–Crippen LogP) is 2.99. The normalized spacial score (nSPS) is 15.9. The topological polar surface area (TPSA) is 87.3 Å². The molecule has 0 aliphatic carbocycles. The van der Waals surface area contributed by atoms with Gasteiger partial charge in [0.25, 0.3) is 0 Å². The molecular formula is C18H17N5O. The SMILES string of the molecule is CN1c2ccccc2NC1c1nc(-c2cccc(O)c2)cnc1N. The monoisotopic (exact) mass is 319 g/mol. The summed E-state index contributed by atoms with van der Waals surface area (Å²) in [5, 5.41) is 13.1. The Kier molecular flexibility index (Phi) is 3.23. The molecule has 1 aliphatic rings. The first-order valence-electron chi connectivity index (χ1n) is 7.64. The largest absolute Gasteiger partial charge is 0.508 e. The zero-order valence-electron chi connectivity index (χ0n) is 13.1. The van der Waals surface area contributed by atoms with Gasteiger partial charge in [-0.15, -0.1) is 0 Å². The zero-order chi connectivity index (χ0) is 16.7. The number of nitrogens with one attached hydrogen (secondary N) is 1. The zero-order valence-corrected chi connectivity index (χ0v) is 13.1. The molecule has 6 heteroatoms. The van der Waals surface area contributed by atoms with Crippen LogP contribution in [0.25, 0.3) is 11.3 Å². The molecule has 0 radical (unpaired) electrons. The van der Waals surface area contributed by atoms with Gasteiger partial charge in [-0.2, -0.15) is 0 Å². The minimum atomic E-state index is -0.188. The highest BCUT2D eigenvalue weighted by atomic mass is 16.3. The van der Waals surface area contributed by atoms with E-state index in [1.807, 2.05) is 37.4 Å². The first-order valence-corrected chi connectivity index (χ1v) is 7.64. The summed E-state index contributed by atoms with van der Waals surface area (Å²) in [4.78, 5) is 11.1. The van der Waals surface area contributed by atoms with Gasteiger partial charge in [0.15, 0.2) is 0 Å². The van der Waals surface area contributed by atoms with E-state index < -0.39 is 0 Å². The molecule has 2 aromatic carbocycles. The lowest BCUT2D eigenvalue weighted by Gasteiger charge is -2.22. The van der Waals surface area contributed by atoms with E-state index in [0.29, 0.717) is 17.2 Å². The number of nitrogens with zero attached hydrogens (tertiary/aromatic N) is 3. The summed E-state index contributed by atoms with van der Waals surface area (Å²) in [6.07, 6.45) is 1.43. The van der Waals surface area contributed by atoms with Crippen LogP contribution in [0.15, 0.2) is 54.7 Å². The first-order chi connectivity index (χ1) is 11.6. The van der Waals surface area contributed by atoms with Crippen LogP contribution in [0.4, 0.5) is 17.2 Å². The van der Waals surface area contributed by atoms with Crippen molar-refractivity contribution in [1.82, 2.24) is 9.97 Å². The first kappa shape index (κ1) is 14.3. The van der Waals surface area contributed by atoms with Gasteiger partial charge in [0, 0.05) is 12.6 Å². The van der Waals surface area contributed by atoms with Crippen molar-refractivity contribution in [3.05, 3.63) is 60.4 Å². The standard InChI is InChI=1S/C18H17N5O/c1-23-15-8-3-2-7-13(15)22-18(23)16-17(19)20-10-14(21-16)11-5-4-6-12(24)9-11/h2-10,18,22,24H,1H3,(H2,19,20). The second-order valence-corrected chi connectivity index (χ2v) is 5.75. The maximum absolute atomic E-state index is 9.68. The average Bonchev–Trinajstić information content (AvgIpc) is 2.92. The van der Waals surface area contributed by atoms with E-state index in [4.69, 9.17) is 10.7 Å². The van der Waals surface area contributed by atoms with Gasteiger partial charge >= 0.3 is 0 Å². The van der Waals surface area contributed by atoms with Crippen molar-refractivity contribution in [2.75, 3.05) is 23.0 Å². The predicted molar refractivity (Wildman–Crippen MR) is 94.8 cm³/mol. The van der Waals surface area contributed by atoms with Crippen molar-refractivity contribution in [2.45, 2.75) is 6.17 Å². The Morgan fingerprint density at radius 3 is 2.79 bits per heavy atom. The van der Waals surface area contributed by atoms with E-state index in [9.17, 15) is 5.11 Å². The molecule has 2 heterocycles. The van der Waals surface area contributed by atoms with Gasteiger partial charge in [-0.3, -0.25) is 0 Å². The Bertz CT molecular complexity index is 911. The van der Waals surface area contributed by atoms with Crippen LogP contribution in [0.2, 0.25) is 0 Å². The molecule has 0 spiro atoms. The van der Waals surface area contributed by atoms with Crippen LogP contribution < -0.4 is 16.0 Å². The molecular weight excluding hydrogens is 302 g/mol. The van der Waals surface area contributed by atoms with Crippen molar-refractivity contribution in [3.8, 4) is 17.0 Å². The molecule has 1 aliphatic heterocycles. The van der Waals surface area contributed by atoms with Crippen LogP contribution in [-0.2, 0) is 0 Å². The third-order valence-electron chi connectivity index (χ3n) is 4.19. The van der Waals surface area contributed by atoms with Crippen LogP contribution in [0.3, 0.4) is 0 Å². The Balaban J connectivity index is 1.76. The molecule has 4 rings (SSSR count). The number of aromatic hydroxyl groups is 1. The van der Waals surface area contributed by atoms with Crippen LogP contribution in [0.1, 0.15) is 11.9 Å². The van der Waals surface area contributed by atoms with Crippen LogP contribution in [-0.4, -0.2) is 22.1 Å². The Hall–Kier alpha value is -3.28. The number of nitrogen functional groups attached to an aromatic ring is 1. The van der Waals surface area contributed by atoms with Crippen molar-refractivity contribution < 1.29 is 5.11 Å². The highest BCUT2D eigenvalue weighted by Gasteiger charge is 2.30. The van der Waals surface area contributed by atoms with Crippen molar-refractivity contribution in [3.63, 3.8) is 0 Å². The Labute approximate surface area is 139 Å². The lowest BCUT2D eigenvalue weighted by Crippen LogP contribution is -2.26. The Morgan fingerprint density at radius 1 is 1.17 bits per heavy atom. The van der Waals surface area contributed by atoms with Gasteiger partial charge in [0.05, 0.1) is 23.3 Å². The number of hydrogen-bond donors (Lipinski definition) is 3. The van der Waals surface area contributed by atoms with Gasteiger partial charge in [-0.1, -0.05) is 24.3 Å². The fraction of sp³-hybridized carbons (Fsp3) is 0.111. The molecule has 1 atom stereocenters. The smallest absolute Gasteiger partial charge is 0.149 e. The molecule has 0 saturated heterocycles. The van der Waals surface area contributed by atoms with E-state index in [1.165, 1.54) is 0 Å². The fourth-order valence-corrected chi connectivity index (χ4v) is 2.96. The highest BCUT2D eigenvalue weighted by Crippen LogP contribution is 2.40. The molecule has 120 valence electrons. The number of phenolic OH excluding ortho intramolecular Hbond substituents is 1. The highest BCUT2D eigenvalue weighted by molar-refractivity contribution is 5.77. The second kappa shape index (κ2) is 5.42. The number of aromatic nitrogens is 2. The Morgan fingerprint density at radius 2 is 2.00 bits per heavy atom. The summed E-state index contributed by atoms with van der Waals surface area (Å²) in [5.74, 6) is 0.576. The summed E-state index contributed by atoms with van der Waals surface area (Å²) < 4.78 is 0. The van der Waals surface area contributed by atoms with E-state index in [-0.39, 0.29) is 11.9 Å². The van der Waals surface area contributed by atoms with Crippen molar-refractivity contribution in [2.24, 2.45) is 0 Å². The number of hydrogen-bond acceptors (Lipinski definition) is 6. The lowest BCUT2D eigenvalue weighted by atomic mass is 10.1. The van der Waals surface area contributed by atoms with E-state index in [1.54, 1.807) is 24.4 Å². The molecule has 1 unspecified atom stereocenters. The molecule has 4 N–H and O–H groups in total. The third kappa shape index (κ3) is 2.28. The quantitative estimate of drug-likeness (QED) is 0.673. The van der Waals surface area contributed by atoms with Gasteiger partial charge < -0.3 is 21.1 Å². The molecule has 0 fully saturated rings. The second-order valence-electron chi connectivity index (χ2n) is 5.75. The summed E-state index contributed by atoms with van der Waals surface area (Å²) in [6.45, 7) is 0. The molecule has 6 nitrogen and oxygen atoms in total. The molecule has 1 aromatic heterocycles. The summed E-state index contributed by atoms with van der Waals surface area (Å²) in [6, 6.07) is 15.0. The molecule has 0 amide bonds. The van der Waals surface area contributed by atoms with E-state index >= 15 is 0 Å². The third-order valence-corrected chi connectivity index (χ3v) is 4.19. The number of benzene rings is 2. The van der Waals surface area contributed by atoms with Gasteiger partial charge in [-0.05, 0) is 24.3 Å². The molecule has 0 bridgehead atoms. The van der Waals surface area contributed by atoms with E-state index in [0.717, 1.165) is 16.9 Å². The maximum atomic E-state index is 9.68. The number of rotatable bonds is 2. The van der Waals surface area contributed by atoms with Gasteiger partial charge in [-0.25, -0.2) is 9.97 Å². The van der Waals surface area contributed by atoms with Crippen LogP contribution in [0, 0.1) is 0 Å². The minimum Gasteiger partial charge on any atom is -0.508 e. The van der Waals surface area contributed by atoms with Gasteiger partial charge in [0.1, 0.15) is 23.4 Å². The summed E-state index contributed by atoms with van der Waals surface area (Å²) >= 11 is 0. The van der Waals surface area contributed by atoms with Crippen molar-refractivity contribution in [1.29, 1.82) is 0 Å². The van der Waals surface area contributed by atoms with Gasteiger partial charge in [0.2, 0.25) is 0 Å². The minimum absolute atomic E-state index is 0.188. The number of phenols is 1. The molecule has 24 heavy (non-hydrogen) atoms. The molecule has 3 aromatic rings. The summed E-state index contributed by atoms with van der Waals surface area (Å²) in [5.41, 5.74) is 10.3. The lowest BCUT2D eigenvalue weighted by molar-refractivity contribution is 0.475. The molecule has 0 saturated carbocycles. The number of para-hydroxylation sites is 2. The number of fused-ring (bicyclic) bond motifs is 1.